The van der Waals surface area contributed by atoms with Crippen LogP contribution in [0.2, 0.25) is 0 Å². The first-order valence-corrected chi connectivity index (χ1v) is 8.64. The molecule has 2 heterocycles. The van der Waals surface area contributed by atoms with Crippen molar-refractivity contribution < 1.29 is 9.90 Å². The van der Waals surface area contributed by atoms with Crippen molar-refractivity contribution in [3.05, 3.63) is 60.7 Å². The fraction of sp³-hybridized carbons (Fsp3) is 0.350. The maximum Gasteiger partial charge on any atom is 0.317 e. The number of β-amino-alcohol motifs (C(OH)–C–C–N with tert-alkyl or cyclic N) is 1. The summed E-state index contributed by atoms with van der Waals surface area (Å²) in [5.74, 6) is 0. The van der Waals surface area contributed by atoms with Crippen molar-refractivity contribution in [2.24, 2.45) is 0 Å². The van der Waals surface area contributed by atoms with Gasteiger partial charge >= 0.3 is 6.03 Å². The quantitative estimate of drug-likeness (QED) is 0.886. The van der Waals surface area contributed by atoms with Crippen LogP contribution in [0.5, 0.6) is 0 Å². The van der Waals surface area contributed by atoms with Crippen LogP contribution in [-0.4, -0.2) is 54.4 Å². The largest absolute Gasteiger partial charge is 0.389 e. The number of aliphatic hydroxyl groups excluding tert-OH is 1. The lowest BCUT2D eigenvalue weighted by atomic mass is 10.0. The summed E-state index contributed by atoms with van der Waals surface area (Å²) >= 11 is 0. The second-order valence-corrected chi connectivity index (χ2v) is 6.64. The third-order valence-corrected chi connectivity index (χ3v) is 4.47. The Morgan fingerprint density at radius 3 is 2.80 bits per heavy atom. The number of allylic oxidation sites excluding steroid dienone is 4. The van der Waals surface area contributed by atoms with E-state index in [0.29, 0.717) is 26.2 Å². The zero-order valence-corrected chi connectivity index (χ0v) is 14.6. The predicted molar refractivity (Wildman–Crippen MR) is 102 cm³/mol. The molecular formula is C20H25N3O2. The predicted octanol–water partition coefficient (Wildman–Crippen LogP) is 2.41. The van der Waals surface area contributed by atoms with Gasteiger partial charge < -0.3 is 20.2 Å². The van der Waals surface area contributed by atoms with E-state index in [1.54, 1.807) is 4.90 Å². The molecular weight excluding hydrogens is 314 g/mol. The van der Waals surface area contributed by atoms with Crippen molar-refractivity contribution in [1.82, 2.24) is 10.2 Å². The highest BCUT2D eigenvalue weighted by molar-refractivity contribution is 5.81. The van der Waals surface area contributed by atoms with Gasteiger partial charge in [0.1, 0.15) is 0 Å². The molecule has 2 amide bonds. The highest BCUT2D eigenvalue weighted by Crippen LogP contribution is 2.28. The number of anilines is 1. The molecule has 0 aromatic heterocycles. The molecule has 2 aliphatic rings. The van der Waals surface area contributed by atoms with Gasteiger partial charge in [0.05, 0.1) is 12.6 Å². The third kappa shape index (κ3) is 4.12. The maximum absolute atomic E-state index is 11.9. The minimum absolute atomic E-state index is 0.103. The van der Waals surface area contributed by atoms with Crippen LogP contribution in [0.25, 0.3) is 5.57 Å². The van der Waals surface area contributed by atoms with Crippen molar-refractivity contribution in [3.8, 4) is 0 Å². The van der Waals surface area contributed by atoms with Gasteiger partial charge in [-0.05, 0) is 18.6 Å². The van der Waals surface area contributed by atoms with Gasteiger partial charge in [0, 0.05) is 36.9 Å². The van der Waals surface area contributed by atoms with Gasteiger partial charge in [-0.15, -0.1) is 0 Å². The Labute approximate surface area is 148 Å². The van der Waals surface area contributed by atoms with Crippen LogP contribution in [0.3, 0.4) is 0 Å². The summed E-state index contributed by atoms with van der Waals surface area (Å²) in [6, 6.07) is 8.10. The molecule has 0 bridgehead atoms. The van der Waals surface area contributed by atoms with E-state index in [1.807, 2.05) is 49.4 Å². The Kier molecular flexibility index (Phi) is 5.24. The van der Waals surface area contributed by atoms with E-state index in [2.05, 4.69) is 22.9 Å². The van der Waals surface area contributed by atoms with Gasteiger partial charge in [-0.1, -0.05) is 49.1 Å². The molecule has 5 nitrogen and oxygen atoms in total. The Morgan fingerprint density at radius 1 is 1.28 bits per heavy atom. The average molecular weight is 339 g/mol. The number of carbonyl (C=O) groups excluding carboxylic acids is 1. The molecule has 1 fully saturated rings. The van der Waals surface area contributed by atoms with Gasteiger partial charge in [-0.25, -0.2) is 4.79 Å². The number of fused-ring (bicyclic) bond motifs is 1. The zero-order chi connectivity index (χ0) is 17.8. The van der Waals surface area contributed by atoms with E-state index < -0.39 is 6.10 Å². The molecule has 0 saturated carbocycles. The van der Waals surface area contributed by atoms with Crippen molar-refractivity contribution in [2.75, 3.05) is 31.1 Å². The molecule has 25 heavy (non-hydrogen) atoms. The number of nitrogens with zero attached hydrogens (tertiary/aromatic N) is 2. The van der Waals surface area contributed by atoms with Crippen LogP contribution in [0, 0.1) is 0 Å². The molecule has 5 heteroatoms. The number of aliphatic hydroxyl groups is 1. The lowest BCUT2D eigenvalue weighted by Crippen LogP contribution is -2.42. The highest BCUT2D eigenvalue weighted by atomic mass is 16.3. The summed E-state index contributed by atoms with van der Waals surface area (Å²) in [6.07, 6.45) is 7.40. The van der Waals surface area contributed by atoms with Gasteiger partial charge in [-0.3, -0.25) is 0 Å². The minimum atomic E-state index is -0.625. The van der Waals surface area contributed by atoms with E-state index in [1.165, 1.54) is 0 Å². The number of carbonyl (C=O) groups is 1. The molecule has 3 rings (SSSR count). The summed E-state index contributed by atoms with van der Waals surface area (Å²) in [6.45, 7) is 8.21. The van der Waals surface area contributed by atoms with Crippen molar-refractivity contribution in [1.29, 1.82) is 0 Å². The van der Waals surface area contributed by atoms with E-state index in [9.17, 15) is 9.90 Å². The Bertz CT molecular complexity index is 711. The molecule has 0 spiro atoms. The van der Waals surface area contributed by atoms with Crippen LogP contribution < -0.4 is 10.2 Å². The number of rotatable bonds is 4. The first-order chi connectivity index (χ1) is 12.0. The van der Waals surface area contributed by atoms with Crippen LogP contribution in [0.15, 0.2) is 55.1 Å². The Morgan fingerprint density at radius 2 is 2.04 bits per heavy atom. The number of nitrogens with one attached hydrogen (secondary N) is 1. The number of amides is 2. The van der Waals surface area contributed by atoms with Crippen LogP contribution in [0.4, 0.5) is 10.5 Å². The van der Waals surface area contributed by atoms with Crippen LogP contribution >= 0.6 is 0 Å². The average Bonchev–Trinajstić information content (AvgIpc) is 2.92. The summed E-state index contributed by atoms with van der Waals surface area (Å²) < 4.78 is 0. The van der Waals surface area contributed by atoms with Crippen LogP contribution in [-0.2, 0) is 0 Å². The van der Waals surface area contributed by atoms with Gasteiger partial charge in [0.2, 0.25) is 0 Å². The Balaban J connectivity index is 1.75. The topological polar surface area (TPSA) is 55.8 Å². The minimum Gasteiger partial charge on any atom is -0.389 e. The molecule has 0 radical (unpaired) electrons. The van der Waals surface area contributed by atoms with E-state index in [-0.39, 0.29) is 12.1 Å². The maximum atomic E-state index is 11.9. The highest BCUT2D eigenvalue weighted by Gasteiger charge is 2.28. The molecule has 132 valence electrons. The molecule has 1 saturated heterocycles. The van der Waals surface area contributed by atoms with Crippen LogP contribution in [0.1, 0.15) is 12.5 Å². The molecule has 2 aliphatic heterocycles. The normalized spacial score (nSPS) is 24.0. The number of benzene rings is 1. The first-order valence-electron chi connectivity index (χ1n) is 8.64. The molecule has 1 aromatic carbocycles. The lowest BCUT2D eigenvalue weighted by molar-refractivity contribution is 0.135. The third-order valence-electron chi connectivity index (χ3n) is 4.47. The van der Waals surface area contributed by atoms with Crippen molar-refractivity contribution in [3.63, 3.8) is 0 Å². The Hall–Kier alpha value is -2.53. The number of urea groups is 1. The lowest BCUT2D eigenvalue weighted by Gasteiger charge is -2.29. The van der Waals surface area contributed by atoms with E-state index in [0.717, 1.165) is 16.8 Å². The monoisotopic (exact) mass is 339 g/mol. The smallest absolute Gasteiger partial charge is 0.317 e. The SMILES string of the molecule is C=C1/C=C\C=C/CN(C[C@@H](O)CN2C[C@H](C)NC2=O)c2ccccc21. The molecule has 1 aromatic rings. The van der Waals surface area contributed by atoms with Gasteiger partial charge in [0.25, 0.3) is 0 Å². The zero-order valence-electron chi connectivity index (χ0n) is 14.6. The number of para-hydroxylation sites is 1. The molecule has 0 aliphatic carbocycles. The van der Waals surface area contributed by atoms with Crippen molar-refractivity contribution >= 4 is 17.3 Å². The van der Waals surface area contributed by atoms with Gasteiger partial charge in [-0.2, -0.15) is 0 Å². The number of hydrogen-bond donors (Lipinski definition) is 2. The fourth-order valence-electron chi connectivity index (χ4n) is 3.31. The summed E-state index contributed by atoms with van der Waals surface area (Å²) in [5, 5.41) is 13.4. The number of hydrogen-bond acceptors (Lipinski definition) is 3. The summed E-state index contributed by atoms with van der Waals surface area (Å²) in [5.41, 5.74) is 3.04. The second-order valence-electron chi connectivity index (χ2n) is 6.64. The van der Waals surface area contributed by atoms with E-state index >= 15 is 0 Å². The standard InChI is InChI=1S/C20H25N3O2/c1-15-8-4-3-7-11-22(19-10-6-5-9-18(15)19)13-17(24)14-23-12-16(2)21-20(23)25/h3-10,16-17,24H,1,11-14H2,2H3,(H,21,25)/b7-3-,8-4-/t16-,17+/m0/s1. The van der Waals surface area contributed by atoms with Crippen molar-refractivity contribution in [2.45, 2.75) is 19.1 Å². The molecule has 2 atom stereocenters. The molecule has 2 N–H and O–H groups in total. The summed E-state index contributed by atoms with van der Waals surface area (Å²) in [7, 11) is 0. The fourth-order valence-corrected chi connectivity index (χ4v) is 3.31. The first kappa shape index (κ1) is 17.3. The van der Waals surface area contributed by atoms with E-state index in [4.69, 9.17) is 0 Å². The second kappa shape index (κ2) is 7.57. The summed E-state index contributed by atoms with van der Waals surface area (Å²) in [4.78, 5) is 15.7. The van der Waals surface area contributed by atoms with Gasteiger partial charge in [0.15, 0.2) is 0 Å². The molecule has 0 unspecified atom stereocenters.